The van der Waals surface area contributed by atoms with Gasteiger partial charge in [-0.05, 0) is 42.0 Å². The van der Waals surface area contributed by atoms with Gasteiger partial charge in [0.15, 0.2) is 6.04 Å². The molecule has 0 aromatic heterocycles. The van der Waals surface area contributed by atoms with Crippen molar-refractivity contribution in [3.63, 3.8) is 0 Å². The number of anilines is 1. The molecule has 2 N–H and O–H groups in total. The Hall–Kier alpha value is -2.27. The normalized spacial score (nSPS) is 11.8. The molecular weight excluding hydrogens is 297 g/mol. The number of rotatable bonds is 5. The number of ether oxygens (including phenoxy) is 1. The first-order valence-corrected chi connectivity index (χ1v) is 6.47. The van der Waals surface area contributed by atoms with Gasteiger partial charge in [0.25, 0.3) is 0 Å². The fourth-order valence-electron chi connectivity index (χ4n) is 1.83. The molecule has 0 aliphatic rings. The summed E-state index contributed by atoms with van der Waals surface area (Å²) < 4.78 is 18.2. The van der Waals surface area contributed by atoms with Crippen LogP contribution in [0.5, 0.6) is 5.75 Å². The summed E-state index contributed by atoms with van der Waals surface area (Å²) in [6.07, 6.45) is 0. The monoisotopic (exact) mass is 309 g/mol. The average molecular weight is 310 g/mol. The standard InChI is InChI=1S/C15H13ClFNO3/c1-21-11-5-3-10(4-6-11)18-14(15(19)20)9-2-7-13(17)12(16)8-9/h2-8,14,18H,1H3,(H,19,20). The van der Waals surface area contributed by atoms with Gasteiger partial charge in [0.1, 0.15) is 11.6 Å². The van der Waals surface area contributed by atoms with Crippen LogP contribution in [0.1, 0.15) is 11.6 Å². The molecule has 0 saturated heterocycles. The first kappa shape index (κ1) is 15.1. The first-order valence-electron chi connectivity index (χ1n) is 6.09. The lowest BCUT2D eigenvalue weighted by Gasteiger charge is -2.17. The Labute approximate surface area is 126 Å². The highest BCUT2D eigenvalue weighted by Crippen LogP contribution is 2.25. The number of carbonyl (C=O) groups is 1. The van der Waals surface area contributed by atoms with E-state index in [0.29, 0.717) is 17.0 Å². The summed E-state index contributed by atoms with van der Waals surface area (Å²) in [5, 5.41) is 12.1. The fourth-order valence-corrected chi connectivity index (χ4v) is 2.02. The Morgan fingerprint density at radius 2 is 1.95 bits per heavy atom. The van der Waals surface area contributed by atoms with Crippen molar-refractivity contribution in [2.45, 2.75) is 6.04 Å². The minimum Gasteiger partial charge on any atom is -0.497 e. The molecule has 6 heteroatoms. The minimum atomic E-state index is -1.09. The van der Waals surface area contributed by atoms with Gasteiger partial charge in [-0.1, -0.05) is 17.7 Å². The molecule has 2 aromatic rings. The van der Waals surface area contributed by atoms with E-state index in [0.717, 1.165) is 6.07 Å². The Balaban J connectivity index is 2.26. The maximum Gasteiger partial charge on any atom is 0.330 e. The van der Waals surface area contributed by atoms with Crippen molar-refractivity contribution >= 4 is 23.3 Å². The molecule has 2 aromatic carbocycles. The third-order valence-corrected chi connectivity index (χ3v) is 3.21. The van der Waals surface area contributed by atoms with Gasteiger partial charge >= 0.3 is 5.97 Å². The maximum atomic E-state index is 13.2. The highest BCUT2D eigenvalue weighted by atomic mass is 35.5. The number of carboxylic acids is 1. The summed E-state index contributed by atoms with van der Waals surface area (Å²) in [5.41, 5.74) is 0.966. The molecule has 110 valence electrons. The molecule has 0 spiro atoms. The molecule has 1 atom stereocenters. The van der Waals surface area contributed by atoms with Crippen molar-refractivity contribution in [3.8, 4) is 5.75 Å². The number of carboxylic acid groups (broad SMARTS) is 1. The van der Waals surface area contributed by atoms with E-state index in [1.54, 1.807) is 31.4 Å². The van der Waals surface area contributed by atoms with E-state index < -0.39 is 17.8 Å². The number of benzene rings is 2. The largest absolute Gasteiger partial charge is 0.497 e. The van der Waals surface area contributed by atoms with Crippen molar-refractivity contribution in [2.75, 3.05) is 12.4 Å². The lowest BCUT2D eigenvalue weighted by atomic mass is 10.1. The summed E-state index contributed by atoms with van der Waals surface area (Å²) in [6.45, 7) is 0. The van der Waals surface area contributed by atoms with Crippen LogP contribution in [-0.4, -0.2) is 18.2 Å². The van der Waals surface area contributed by atoms with Gasteiger partial charge in [-0.2, -0.15) is 0 Å². The smallest absolute Gasteiger partial charge is 0.330 e. The third kappa shape index (κ3) is 3.64. The van der Waals surface area contributed by atoms with Gasteiger partial charge < -0.3 is 15.2 Å². The van der Waals surface area contributed by atoms with Gasteiger partial charge in [0.2, 0.25) is 0 Å². The number of halogens is 2. The summed E-state index contributed by atoms with van der Waals surface area (Å²) in [7, 11) is 1.54. The van der Waals surface area contributed by atoms with Gasteiger partial charge in [-0.3, -0.25) is 0 Å². The van der Waals surface area contributed by atoms with Crippen molar-refractivity contribution in [1.29, 1.82) is 0 Å². The second-order valence-electron chi connectivity index (χ2n) is 4.32. The topological polar surface area (TPSA) is 58.6 Å². The molecule has 0 aliphatic carbocycles. The third-order valence-electron chi connectivity index (χ3n) is 2.92. The van der Waals surface area contributed by atoms with Crippen LogP contribution in [0.3, 0.4) is 0 Å². The number of aliphatic carboxylic acids is 1. The SMILES string of the molecule is COc1ccc(NC(C(=O)O)c2ccc(F)c(Cl)c2)cc1. The zero-order valence-electron chi connectivity index (χ0n) is 11.1. The number of methoxy groups -OCH3 is 1. The molecule has 0 heterocycles. The van der Waals surface area contributed by atoms with E-state index in [9.17, 15) is 14.3 Å². The lowest BCUT2D eigenvalue weighted by molar-refractivity contribution is -0.138. The molecule has 0 saturated carbocycles. The maximum absolute atomic E-state index is 13.2. The first-order chi connectivity index (χ1) is 10.0. The lowest BCUT2D eigenvalue weighted by Crippen LogP contribution is -2.20. The van der Waals surface area contributed by atoms with Gasteiger partial charge in [0, 0.05) is 5.69 Å². The van der Waals surface area contributed by atoms with E-state index in [2.05, 4.69) is 5.32 Å². The molecule has 0 aliphatic heterocycles. The summed E-state index contributed by atoms with van der Waals surface area (Å²) in [6, 6.07) is 9.60. The van der Waals surface area contributed by atoms with Gasteiger partial charge in [-0.15, -0.1) is 0 Å². The van der Waals surface area contributed by atoms with E-state index in [-0.39, 0.29) is 5.02 Å². The van der Waals surface area contributed by atoms with Crippen LogP contribution in [0.4, 0.5) is 10.1 Å². The van der Waals surface area contributed by atoms with Crippen molar-refractivity contribution in [1.82, 2.24) is 0 Å². The summed E-state index contributed by atoms with van der Waals surface area (Å²) >= 11 is 5.69. The van der Waals surface area contributed by atoms with Crippen LogP contribution < -0.4 is 10.1 Å². The predicted octanol–water partition coefficient (Wildman–Crippen LogP) is 3.73. The average Bonchev–Trinajstić information content (AvgIpc) is 2.48. The minimum absolute atomic E-state index is 0.115. The van der Waals surface area contributed by atoms with E-state index in [4.69, 9.17) is 16.3 Å². The van der Waals surface area contributed by atoms with Crippen LogP contribution >= 0.6 is 11.6 Å². The molecule has 0 radical (unpaired) electrons. The molecule has 1 unspecified atom stereocenters. The molecule has 0 bridgehead atoms. The molecule has 2 rings (SSSR count). The molecular formula is C15H13ClFNO3. The molecule has 21 heavy (non-hydrogen) atoms. The Bertz CT molecular complexity index is 646. The van der Waals surface area contributed by atoms with Crippen LogP contribution in [0.15, 0.2) is 42.5 Å². The van der Waals surface area contributed by atoms with Crippen LogP contribution in [0.25, 0.3) is 0 Å². The van der Waals surface area contributed by atoms with Gasteiger partial charge in [-0.25, -0.2) is 9.18 Å². The molecule has 4 nitrogen and oxygen atoms in total. The van der Waals surface area contributed by atoms with E-state index in [1.807, 2.05) is 0 Å². The summed E-state index contributed by atoms with van der Waals surface area (Å²) in [4.78, 5) is 11.4. The second kappa shape index (κ2) is 6.45. The van der Waals surface area contributed by atoms with Crippen LogP contribution in [-0.2, 0) is 4.79 Å². The highest BCUT2D eigenvalue weighted by molar-refractivity contribution is 6.30. The Morgan fingerprint density at radius 3 is 2.48 bits per heavy atom. The zero-order valence-corrected chi connectivity index (χ0v) is 11.9. The Morgan fingerprint density at radius 1 is 1.29 bits per heavy atom. The number of hydrogen-bond donors (Lipinski definition) is 2. The molecule has 0 fully saturated rings. The van der Waals surface area contributed by atoms with Crippen LogP contribution in [0, 0.1) is 5.82 Å². The Kier molecular flexibility index (Phi) is 4.65. The van der Waals surface area contributed by atoms with E-state index in [1.165, 1.54) is 12.1 Å². The van der Waals surface area contributed by atoms with E-state index >= 15 is 0 Å². The molecule has 0 amide bonds. The van der Waals surface area contributed by atoms with Gasteiger partial charge in [0.05, 0.1) is 12.1 Å². The van der Waals surface area contributed by atoms with Crippen molar-refractivity contribution in [3.05, 3.63) is 58.9 Å². The quantitative estimate of drug-likeness (QED) is 0.883. The van der Waals surface area contributed by atoms with Crippen LogP contribution in [0.2, 0.25) is 5.02 Å². The highest BCUT2D eigenvalue weighted by Gasteiger charge is 2.20. The summed E-state index contributed by atoms with van der Waals surface area (Å²) in [5.74, 6) is -1.01. The number of nitrogens with one attached hydrogen (secondary N) is 1. The second-order valence-corrected chi connectivity index (χ2v) is 4.72. The number of hydrogen-bond acceptors (Lipinski definition) is 3. The fraction of sp³-hybridized carbons (Fsp3) is 0.133. The predicted molar refractivity (Wildman–Crippen MR) is 78.4 cm³/mol. The zero-order chi connectivity index (χ0) is 15.4. The van der Waals surface area contributed by atoms with Crippen molar-refractivity contribution in [2.24, 2.45) is 0 Å². The van der Waals surface area contributed by atoms with Crippen molar-refractivity contribution < 1.29 is 19.0 Å².